The van der Waals surface area contributed by atoms with E-state index in [2.05, 4.69) is 37.5 Å². The topological polar surface area (TPSA) is 94.9 Å². The maximum atomic E-state index is 12.3. The molecule has 1 aromatic heterocycles. The van der Waals surface area contributed by atoms with Gasteiger partial charge in [-0.1, -0.05) is 20.8 Å². The highest BCUT2D eigenvalue weighted by Gasteiger charge is 2.30. The number of pyridine rings is 1. The lowest BCUT2D eigenvalue weighted by Gasteiger charge is -2.34. The zero-order valence-electron chi connectivity index (χ0n) is 19.1. The van der Waals surface area contributed by atoms with Gasteiger partial charge in [-0.2, -0.15) is 5.26 Å². The fraction of sp³-hybridized carbons (Fsp3) is 0.440. The lowest BCUT2D eigenvalue weighted by atomic mass is 9.71. The van der Waals surface area contributed by atoms with Crippen molar-refractivity contribution in [3.05, 3.63) is 47.2 Å². The second kappa shape index (κ2) is 10.2. The van der Waals surface area contributed by atoms with Crippen LogP contribution in [0.3, 0.4) is 0 Å². The van der Waals surface area contributed by atoms with Crippen LogP contribution in [-0.4, -0.2) is 22.6 Å². The van der Waals surface area contributed by atoms with E-state index in [1.807, 2.05) is 6.07 Å². The molecule has 32 heavy (non-hydrogen) atoms. The number of anilines is 2. The van der Waals surface area contributed by atoms with Gasteiger partial charge in [0.05, 0.1) is 5.56 Å². The monoisotopic (exact) mass is 450 g/mol. The van der Waals surface area contributed by atoms with Crippen molar-refractivity contribution in [1.82, 2.24) is 4.98 Å². The second-order valence-corrected chi connectivity index (χ2v) is 10.4. The molecule has 0 spiro atoms. The van der Waals surface area contributed by atoms with E-state index in [0.717, 1.165) is 25.0 Å². The van der Waals surface area contributed by atoms with E-state index >= 15 is 0 Å². The highest BCUT2D eigenvalue weighted by Crippen LogP contribution is 2.38. The van der Waals surface area contributed by atoms with Crippen LogP contribution in [-0.2, 0) is 22.4 Å². The zero-order chi connectivity index (χ0) is 23.3. The van der Waals surface area contributed by atoms with Gasteiger partial charge in [-0.05, 0) is 66.5 Å². The van der Waals surface area contributed by atoms with Crippen LogP contribution in [0.1, 0.15) is 57.4 Å². The fourth-order valence-electron chi connectivity index (χ4n) is 3.88. The van der Waals surface area contributed by atoms with E-state index < -0.39 is 0 Å². The summed E-state index contributed by atoms with van der Waals surface area (Å²) in [6.07, 6.45) is 3.33. The summed E-state index contributed by atoms with van der Waals surface area (Å²) in [7, 11) is 0. The highest BCUT2D eigenvalue weighted by atomic mass is 32.2. The number of carbonyl (C=O) groups is 2. The van der Waals surface area contributed by atoms with Crippen LogP contribution < -0.4 is 10.6 Å². The molecular weight excluding hydrogens is 420 g/mol. The molecule has 0 saturated heterocycles. The van der Waals surface area contributed by atoms with Crippen molar-refractivity contribution in [2.75, 3.05) is 16.4 Å². The van der Waals surface area contributed by atoms with E-state index in [-0.39, 0.29) is 17.2 Å². The first-order valence-electron chi connectivity index (χ1n) is 10.9. The van der Waals surface area contributed by atoms with Crippen LogP contribution in [0.5, 0.6) is 0 Å². The lowest BCUT2D eigenvalue weighted by Crippen LogP contribution is -2.27. The Kier molecular flexibility index (Phi) is 7.57. The van der Waals surface area contributed by atoms with Crippen molar-refractivity contribution < 1.29 is 9.59 Å². The number of nitrogens with zero attached hydrogens (tertiary/aromatic N) is 2. The summed E-state index contributed by atoms with van der Waals surface area (Å²) in [6.45, 7) is 8.26. The molecule has 1 aliphatic carbocycles. The Morgan fingerprint density at radius 3 is 2.44 bits per heavy atom. The van der Waals surface area contributed by atoms with Crippen molar-refractivity contribution >= 4 is 35.0 Å². The van der Waals surface area contributed by atoms with Gasteiger partial charge in [-0.25, -0.2) is 4.98 Å². The second-order valence-electron chi connectivity index (χ2n) is 9.27. The molecule has 2 N–H and O–H groups in total. The number of aryl methyl sites for hydroxylation is 1. The minimum atomic E-state index is -0.139. The van der Waals surface area contributed by atoms with Crippen molar-refractivity contribution in [1.29, 1.82) is 5.26 Å². The van der Waals surface area contributed by atoms with Crippen molar-refractivity contribution in [3.8, 4) is 6.07 Å². The van der Waals surface area contributed by atoms with Gasteiger partial charge in [0.2, 0.25) is 11.8 Å². The first-order chi connectivity index (χ1) is 15.2. The Balaban J connectivity index is 1.56. The smallest absolute Gasteiger partial charge is 0.225 e. The molecule has 1 heterocycles. The van der Waals surface area contributed by atoms with E-state index in [1.54, 1.807) is 24.3 Å². The Bertz CT molecular complexity index is 1040. The average Bonchev–Trinajstić information content (AvgIpc) is 2.73. The third-order valence-corrected chi connectivity index (χ3v) is 6.75. The first-order valence-corrected chi connectivity index (χ1v) is 11.9. The molecule has 2 aromatic rings. The first kappa shape index (κ1) is 23.8. The Hall–Kier alpha value is -2.85. The van der Waals surface area contributed by atoms with Gasteiger partial charge in [-0.15, -0.1) is 11.8 Å². The number of benzene rings is 1. The molecule has 0 fully saturated rings. The predicted molar refractivity (Wildman–Crippen MR) is 129 cm³/mol. The number of carbonyl (C=O) groups excluding carboxylic acids is 2. The summed E-state index contributed by atoms with van der Waals surface area (Å²) in [4.78, 5) is 28.2. The van der Waals surface area contributed by atoms with Crippen LogP contribution in [0.25, 0.3) is 0 Å². The molecule has 0 saturated carbocycles. The average molecular weight is 451 g/mol. The van der Waals surface area contributed by atoms with Crippen LogP contribution in [0, 0.1) is 22.7 Å². The molecule has 1 aliphatic rings. The van der Waals surface area contributed by atoms with Gasteiger partial charge in [0, 0.05) is 36.2 Å². The summed E-state index contributed by atoms with van der Waals surface area (Å²) in [6, 6.07) is 11.3. The molecule has 1 atom stereocenters. The predicted octanol–water partition coefficient (Wildman–Crippen LogP) is 5.18. The summed E-state index contributed by atoms with van der Waals surface area (Å²) in [5, 5.41) is 15.9. The van der Waals surface area contributed by atoms with Gasteiger partial charge in [-0.3, -0.25) is 9.59 Å². The third kappa shape index (κ3) is 6.33. The van der Waals surface area contributed by atoms with Crippen LogP contribution in [0.15, 0.2) is 35.4 Å². The summed E-state index contributed by atoms with van der Waals surface area (Å²) in [5.41, 5.74) is 4.48. The van der Waals surface area contributed by atoms with E-state index in [9.17, 15) is 14.9 Å². The van der Waals surface area contributed by atoms with E-state index in [0.29, 0.717) is 40.1 Å². The standard InChI is InChI=1S/C25H30N4O2S/c1-16(30)27-20-6-8-21(9-7-20)28-23(31)11-12-32-24-18(15-26)13-17-14-19(25(2,3)4)5-10-22(17)29-24/h6-9,13,19H,5,10-12,14H2,1-4H3,(H,27,30)(H,28,31). The van der Waals surface area contributed by atoms with Crippen molar-refractivity contribution in [2.24, 2.45) is 11.3 Å². The molecule has 0 aliphatic heterocycles. The number of amides is 2. The summed E-state index contributed by atoms with van der Waals surface area (Å²) in [5.74, 6) is 0.897. The highest BCUT2D eigenvalue weighted by molar-refractivity contribution is 7.99. The molecule has 0 radical (unpaired) electrons. The SMILES string of the molecule is CC(=O)Nc1ccc(NC(=O)CCSc2nc3c(cc2C#N)CC(C(C)(C)C)CC3)cc1. The quantitative estimate of drug-likeness (QED) is 0.591. The number of thioether (sulfide) groups is 1. The number of nitrogens with one attached hydrogen (secondary N) is 2. The molecule has 1 aromatic carbocycles. The minimum absolute atomic E-state index is 0.103. The lowest BCUT2D eigenvalue weighted by molar-refractivity contribution is -0.116. The van der Waals surface area contributed by atoms with E-state index in [1.165, 1.54) is 24.2 Å². The third-order valence-electron chi connectivity index (χ3n) is 5.75. The molecule has 1 unspecified atom stereocenters. The molecule has 6 nitrogen and oxygen atoms in total. The summed E-state index contributed by atoms with van der Waals surface area (Å²) >= 11 is 1.46. The molecule has 0 bridgehead atoms. The Morgan fingerprint density at radius 2 is 1.84 bits per heavy atom. The number of aromatic nitrogens is 1. The normalized spacial score (nSPS) is 15.4. The van der Waals surface area contributed by atoms with Gasteiger partial charge in [0.15, 0.2) is 0 Å². The largest absolute Gasteiger partial charge is 0.326 e. The number of hydrogen-bond acceptors (Lipinski definition) is 5. The molecular formula is C25H30N4O2S. The molecule has 168 valence electrons. The zero-order valence-corrected chi connectivity index (χ0v) is 19.9. The summed E-state index contributed by atoms with van der Waals surface area (Å²) < 4.78 is 0. The number of hydrogen-bond donors (Lipinski definition) is 2. The van der Waals surface area contributed by atoms with Gasteiger partial charge in [0.25, 0.3) is 0 Å². The molecule has 2 amide bonds. The fourth-order valence-corrected chi connectivity index (χ4v) is 4.79. The van der Waals surface area contributed by atoms with Gasteiger partial charge < -0.3 is 10.6 Å². The van der Waals surface area contributed by atoms with Crippen LogP contribution in [0.2, 0.25) is 0 Å². The molecule has 7 heteroatoms. The van der Waals surface area contributed by atoms with Crippen molar-refractivity contribution in [3.63, 3.8) is 0 Å². The number of rotatable bonds is 6. The van der Waals surface area contributed by atoms with Gasteiger partial charge in [0.1, 0.15) is 11.1 Å². The maximum absolute atomic E-state index is 12.3. The minimum Gasteiger partial charge on any atom is -0.326 e. The Labute approximate surface area is 194 Å². The van der Waals surface area contributed by atoms with E-state index in [4.69, 9.17) is 4.98 Å². The number of fused-ring (bicyclic) bond motifs is 1. The van der Waals surface area contributed by atoms with Gasteiger partial charge >= 0.3 is 0 Å². The van der Waals surface area contributed by atoms with Crippen molar-refractivity contribution in [2.45, 2.75) is 58.4 Å². The molecule has 3 rings (SSSR count). The maximum Gasteiger partial charge on any atom is 0.225 e. The van der Waals surface area contributed by atoms with Crippen LogP contribution in [0.4, 0.5) is 11.4 Å². The number of nitriles is 1. The Morgan fingerprint density at radius 1 is 1.19 bits per heavy atom. The van der Waals surface area contributed by atoms with Crippen LogP contribution >= 0.6 is 11.8 Å².